The average molecular weight is 157 g/mol. The maximum atomic E-state index is 11.0. The molecule has 0 heterocycles. The lowest BCUT2D eigenvalue weighted by molar-refractivity contribution is -0.122. The molecule has 0 aromatic carbocycles. The molecule has 0 aromatic heterocycles. The summed E-state index contributed by atoms with van der Waals surface area (Å²) in [7, 11) is 0. The number of amides is 1. The molecule has 0 fully saturated rings. The highest BCUT2D eigenvalue weighted by Gasteiger charge is 2.08. The third kappa shape index (κ3) is 4.82. The summed E-state index contributed by atoms with van der Waals surface area (Å²) in [6.45, 7) is 8.27. The number of carbonyl (C=O) groups is 1. The molecule has 0 bridgehead atoms. The molecule has 0 aliphatic rings. The Balaban J connectivity index is 3.57. The molecule has 1 amide bonds. The van der Waals surface area contributed by atoms with Crippen LogP contribution in [0.1, 0.15) is 40.5 Å². The van der Waals surface area contributed by atoms with Gasteiger partial charge in [0.1, 0.15) is 0 Å². The van der Waals surface area contributed by atoms with Crippen LogP contribution in [0.4, 0.5) is 0 Å². The van der Waals surface area contributed by atoms with Gasteiger partial charge in [-0.1, -0.05) is 20.8 Å². The minimum absolute atomic E-state index is 0.175. The molecular weight excluding hydrogens is 138 g/mol. The van der Waals surface area contributed by atoms with Crippen LogP contribution >= 0.6 is 0 Å². The second-order valence-corrected chi connectivity index (χ2v) is 3.35. The first-order valence-electron chi connectivity index (χ1n) is 4.37. The van der Waals surface area contributed by atoms with Crippen molar-refractivity contribution in [3.05, 3.63) is 0 Å². The number of rotatable bonds is 4. The standard InChI is InChI=1S/C9H19NO/c1-5-6-9(11)10-8(4)7(2)3/h7-8H,5-6H2,1-4H3,(H,10,11). The lowest BCUT2D eigenvalue weighted by Gasteiger charge is -2.16. The van der Waals surface area contributed by atoms with Gasteiger partial charge in [0, 0.05) is 12.5 Å². The molecule has 0 spiro atoms. The Morgan fingerprint density at radius 1 is 1.36 bits per heavy atom. The second kappa shape index (κ2) is 5.16. The predicted molar refractivity (Wildman–Crippen MR) is 47.4 cm³/mol. The van der Waals surface area contributed by atoms with E-state index >= 15 is 0 Å². The average Bonchev–Trinajstić information content (AvgIpc) is 1.87. The SMILES string of the molecule is CCCC(=O)NC(C)C(C)C. The maximum Gasteiger partial charge on any atom is 0.220 e. The summed E-state index contributed by atoms with van der Waals surface area (Å²) in [5, 5.41) is 2.94. The van der Waals surface area contributed by atoms with E-state index in [4.69, 9.17) is 0 Å². The molecule has 2 heteroatoms. The van der Waals surface area contributed by atoms with E-state index in [1.807, 2.05) is 13.8 Å². The summed E-state index contributed by atoms with van der Waals surface area (Å²) >= 11 is 0. The van der Waals surface area contributed by atoms with Gasteiger partial charge in [-0.2, -0.15) is 0 Å². The smallest absolute Gasteiger partial charge is 0.220 e. The van der Waals surface area contributed by atoms with Gasteiger partial charge < -0.3 is 5.32 Å². The molecule has 11 heavy (non-hydrogen) atoms. The Labute approximate surface area is 69.4 Å². The van der Waals surface area contributed by atoms with Crippen LogP contribution in [-0.4, -0.2) is 11.9 Å². The van der Waals surface area contributed by atoms with E-state index in [1.165, 1.54) is 0 Å². The Hall–Kier alpha value is -0.530. The number of carbonyl (C=O) groups excluding carboxylic acids is 1. The first-order valence-corrected chi connectivity index (χ1v) is 4.37. The molecule has 0 rings (SSSR count). The van der Waals surface area contributed by atoms with Crippen molar-refractivity contribution in [3.63, 3.8) is 0 Å². The van der Waals surface area contributed by atoms with Gasteiger partial charge in [-0.25, -0.2) is 0 Å². The molecule has 2 nitrogen and oxygen atoms in total. The molecule has 0 aliphatic carbocycles. The van der Waals surface area contributed by atoms with Crippen molar-refractivity contribution in [2.75, 3.05) is 0 Å². The van der Waals surface area contributed by atoms with E-state index in [9.17, 15) is 4.79 Å². The lowest BCUT2D eigenvalue weighted by Crippen LogP contribution is -2.35. The Bertz CT molecular complexity index is 121. The zero-order valence-electron chi connectivity index (χ0n) is 7.98. The van der Waals surface area contributed by atoms with Gasteiger partial charge in [-0.15, -0.1) is 0 Å². The molecule has 0 saturated heterocycles. The van der Waals surface area contributed by atoms with Crippen LogP contribution in [-0.2, 0) is 4.79 Å². The predicted octanol–water partition coefficient (Wildman–Crippen LogP) is 1.95. The van der Waals surface area contributed by atoms with Gasteiger partial charge in [0.15, 0.2) is 0 Å². The molecule has 1 atom stereocenters. The normalized spacial score (nSPS) is 13.2. The van der Waals surface area contributed by atoms with Crippen molar-refractivity contribution in [1.82, 2.24) is 5.32 Å². The maximum absolute atomic E-state index is 11.0. The van der Waals surface area contributed by atoms with Crippen molar-refractivity contribution >= 4 is 5.91 Å². The lowest BCUT2D eigenvalue weighted by atomic mass is 10.1. The third-order valence-corrected chi connectivity index (χ3v) is 1.87. The van der Waals surface area contributed by atoms with Crippen LogP contribution in [0.25, 0.3) is 0 Å². The Kier molecular flexibility index (Phi) is 4.92. The van der Waals surface area contributed by atoms with Gasteiger partial charge >= 0.3 is 0 Å². The van der Waals surface area contributed by atoms with Crippen LogP contribution in [0.2, 0.25) is 0 Å². The monoisotopic (exact) mass is 157 g/mol. The fourth-order valence-electron chi connectivity index (χ4n) is 0.720. The largest absolute Gasteiger partial charge is 0.353 e. The first-order chi connectivity index (χ1) is 5.07. The first kappa shape index (κ1) is 10.5. The molecule has 1 N–H and O–H groups in total. The number of nitrogens with one attached hydrogen (secondary N) is 1. The minimum atomic E-state index is 0.175. The molecule has 1 unspecified atom stereocenters. The van der Waals surface area contributed by atoms with Crippen LogP contribution in [0.5, 0.6) is 0 Å². The van der Waals surface area contributed by atoms with E-state index in [1.54, 1.807) is 0 Å². The number of hydrogen-bond donors (Lipinski definition) is 1. The summed E-state index contributed by atoms with van der Waals surface area (Å²) in [6, 6.07) is 0.300. The third-order valence-electron chi connectivity index (χ3n) is 1.87. The molecule has 0 aliphatic heterocycles. The van der Waals surface area contributed by atoms with Crippen LogP contribution in [0, 0.1) is 5.92 Å². The van der Waals surface area contributed by atoms with E-state index in [2.05, 4.69) is 19.2 Å². The molecule has 0 saturated carbocycles. The van der Waals surface area contributed by atoms with Crippen molar-refractivity contribution in [3.8, 4) is 0 Å². The Morgan fingerprint density at radius 2 is 1.91 bits per heavy atom. The summed E-state index contributed by atoms with van der Waals surface area (Å²) in [4.78, 5) is 11.0. The summed E-state index contributed by atoms with van der Waals surface area (Å²) in [5.41, 5.74) is 0. The second-order valence-electron chi connectivity index (χ2n) is 3.35. The van der Waals surface area contributed by atoms with Crippen molar-refractivity contribution in [2.45, 2.75) is 46.6 Å². The highest BCUT2D eigenvalue weighted by atomic mass is 16.1. The summed E-state index contributed by atoms with van der Waals surface area (Å²) < 4.78 is 0. The minimum Gasteiger partial charge on any atom is -0.353 e. The van der Waals surface area contributed by atoms with Crippen LogP contribution in [0.3, 0.4) is 0 Å². The van der Waals surface area contributed by atoms with Gasteiger partial charge in [0.05, 0.1) is 0 Å². The quantitative estimate of drug-likeness (QED) is 0.664. The molecule has 0 aromatic rings. The fourth-order valence-corrected chi connectivity index (χ4v) is 0.720. The highest BCUT2D eigenvalue weighted by Crippen LogP contribution is 2.00. The zero-order chi connectivity index (χ0) is 8.85. The van der Waals surface area contributed by atoms with Gasteiger partial charge in [0.2, 0.25) is 5.91 Å². The van der Waals surface area contributed by atoms with Crippen molar-refractivity contribution < 1.29 is 4.79 Å². The summed E-state index contributed by atoms with van der Waals surface area (Å²) in [5.74, 6) is 0.699. The number of hydrogen-bond acceptors (Lipinski definition) is 1. The Morgan fingerprint density at radius 3 is 2.27 bits per heavy atom. The van der Waals surface area contributed by atoms with Gasteiger partial charge in [-0.3, -0.25) is 4.79 Å². The topological polar surface area (TPSA) is 29.1 Å². The summed E-state index contributed by atoms with van der Waals surface area (Å²) in [6.07, 6.45) is 1.58. The highest BCUT2D eigenvalue weighted by molar-refractivity contribution is 5.76. The van der Waals surface area contributed by atoms with Crippen molar-refractivity contribution in [1.29, 1.82) is 0 Å². The van der Waals surface area contributed by atoms with E-state index in [0.717, 1.165) is 6.42 Å². The molecule has 0 radical (unpaired) electrons. The van der Waals surface area contributed by atoms with E-state index in [0.29, 0.717) is 18.4 Å². The zero-order valence-corrected chi connectivity index (χ0v) is 7.98. The fraction of sp³-hybridized carbons (Fsp3) is 0.889. The van der Waals surface area contributed by atoms with Crippen molar-refractivity contribution in [2.24, 2.45) is 5.92 Å². The van der Waals surface area contributed by atoms with E-state index in [-0.39, 0.29) is 5.91 Å². The molecule has 66 valence electrons. The van der Waals surface area contributed by atoms with Crippen LogP contribution < -0.4 is 5.32 Å². The van der Waals surface area contributed by atoms with Gasteiger partial charge in [-0.05, 0) is 19.3 Å². The van der Waals surface area contributed by atoms with E-state index < -0.39 is 0 Å². The van der Waals surface area contributed by atoms with Gasteiger partial charge in [0.25, 0.3) is 0 Å². The molecular formula is C9H19NO. The van der Waals surface area contributed by atoms with Crippen LogP contribution in [0.15, 0.2) is 0 Å².